The van der Waals surface area contributed by atoms with Gasteiger partial charge in [0.25, 0.3) is 0 Å². The van der Waals surface area contributed by atoms with E-state index in [1.165, 1.54) is 9.13 Å². The van der Waals surface area contributed by atoms with Crippen molar-refractivity contribution in [2.75, 3.05) is 5.73 Å². The van der Waals surface area contributed by atoms with Crippen molar-refractivity contribution in [3.8, 4) is 0 Å². The van der Waals surface area contributed by atoms with Crippen LogP contribution in [0.1, 0.15) is 5.56 Å². The van der Waals surface area contributed by atoms with Crippen molar-refractivity contribution in [3.05, 3.63) is 69.1 Å². The maximum absolute atomic E-state index is 12.0. The zero-order chi connectivity index (χ0) is 15.0. The molecule has 3 rings (SSSR count). The van der Waals surface area contributed by atoms with Crippen LogP contribution in [0.3, 0.4) is 0 Å². The zero-order valence-electron chi connectivity index (χ0n) is 11.5. The van der Waals surface area contributed by atoms with Gasteiger partial charge in [0.2, 0.25) is 0 Å². The Hall–Kier alpha value is -2.89. The fourth-order valence-electron chi connectivity index (χ4n) is 2.28. The van der Waals surface area contributed by atoms with Gasteiger partial charge < -0.3 is 14.9 Å². The Bertz CT molecular complexity index is 940. The highest BCUT2D eigenvalue weighted by atomic mass is 16.2. The minimum Gasteiger partial charge on any atom is -0.398 e. The molecule has 2 heterocycles. The summed E-state index contributed by atoms with van der Waals surface area (Å²) in [5.41, 5.74) is 7.05. The molecule has 0 unspecified atom stereocenters. The normalized spacial score (nSPS) is 10.9. The van der Waals surface area contributed by atoms with Crippen molar-refractivity contribution < 1.29 is 0 Å². The van der Waals surface area contributed by atoms with Gasteiger partial charge in [-0.2, -0.15) is 0 Å². The van der Waals surface area contributed by atoms with Crippen LogP contribution in [0.15, 0.2) is 52.4 Å². The Balaban J connectivity index is 2.16. The minimum atomic E-state index is -0.555. The molecule has 0 aliphatic heterocycles. The predicted octanol–water partition coefficient (Wildman–Crippen LogP) is 0.726. The van der Waals surface area contributed by atoms with Gasteiger partial charge in [0.1, 0.15) is 0 Å². The summed E-state index contributed by atoms with van der Waals surface area (Å²) < 4.78 is 2.64. The van der Waals surface area contributed by atoms with E-state index in [0.717, 1.165) is 16.5 Å². The lowest BCUT2D eigenvalue weighted by atomic mass is 10.1. The number of aromatic nitrogens is 3. The van der Waals surface area contributed by atoms with Crippen molar-refractivity contribution in [1.82, 2.24) is 14.1 Å². The summed E-state index contributed by atoms with van der Waals surface area (Å²) >= 11 is 0. The Kier molecular flexibility index (Phi) is 3.06. The van der Waals surface area contributed by atoms with Gasteiger partial charge in [-0.3, -0.25) is 14.6 Å². The smallest absolute Gasteiger partial charge is 0.316 e. The summed E-state index contributed by atoms with van der Waals surface area (Å²) in [6.07, 6.45) is 4.84. The van der Waals surface area contributed by atoms with Gasteiger partial charge >= 0.3 is 11.1 Å². The van der Waals surface area contributed by atoms with Crippen molar-refractivity contribution >= 4 is 16.6 Å². The lowest BCUT2D eigenvalue weighted by Crippen LogP contribution is -2.39. The quantitative estimate of drug-likeness (QED) is 0.554. The zero-order valence-corrected chi connectivity index (χ0v) is 11.5. The third kappa shape index (κ3) is 2.20. The Morgan fingerprint density at radius 1 is 1.14 bits per heavy atom. The third-order valence-corrected chi connectivity index (χ3v) is 3.46. The number of nitrogens with two attached hydrogens (primary N) is 1. The van der Waals surface area contributed by atoms with E-state index >= 15 is 0 Å². The van der Waals surface area contributed by atoms with E-state index in [-0.39, 0.29) is 6.54 Å². The van der Waals surface area contributed by atoms with Crippen LogP contribution < -0.4 is 16.9 Å². The molecule has 0 saturated heterocycles. The average molecular weight is 282 g/mol. The topological polar surface area (TPSA) is 82.9 Å². The lowest BCUT2D eigenvalue weighted by Gasteiger charge is -2.10. The van der Waals surface area contributed by atoms with Gasteiger partial charge in [0.05, 0.1) is 12.1 Å². The molecule has 2 aromatic heterocycles. The first kappa shape index (κ1) is 13.1. The lowest BCUT2D eigenvalue weighted by molar-refractivity contribution is 0.697. The standard InChI is InChI=1S/C15H14N4O2/c1-18-7-8-19(15(21)14(18)20)9-10-4-5-12(16)11-3-2-6-17-13(10)11/h2-8H,9,16H2,1H3. The van der Waals surface area contributed by atoms with E-state index in [9.17, 15) is 9.59 Å². The maximum atomic E-state index is 12.0. The fraction of sp³-hybridized carbons (Fsp3) is 0.133. The Labute approximate surface area is 120 Å². The van der Waals surface area contributed by atoms with Crippen LogP contribution in [0.25, 0.3) is 10.9 Å². The first-order chi connectivity index (χ1) is 10.1. The number of nitrogen functional groups attached to an aromatic ring is 1. The van der Waals surface area contributed by atoms with Crippen LogP contribution in [0.5, 0.6) is 0 Å². The number of pyridine rings is 1. The SMILES string of the molecule is Cn1ccn(Cc2ccc(N)c3cccnc23)c(=O)c1=O. The summed E-state index contributed by atoms with van der Waals surface area (Å²) in [5.74, 6) is 0. The van der Waals surface area contributed by atoms with Gasteiger partial charge in [-0.25, -0.2) is 0 Å². The molecule has 0 radical (unpaired) electrons. The molecule has 0 fully saturated rings. The summed E-state index contributed by atoms with van der Waals surface area (Å²) in [6.45, 7) is 0.280. The van der Waals surface area contributed by atoms with Crippen molar-refractivity contribution in [1.29, 1.82) is 0 Å². The highest BCUT2D eigenvalue weighted by Gasteiger charge is 2.08. The number of hydrogen-bond donors (Lipinski definition) is 1. The van der Waals surface area contributed by atoms with E-state index in [0.29, 0.717) is 5.69 Å². The number of fused-ring (bicyclic) bond motifs is 1. The molecule has 6 nitrogen and oxygen atoms in total. The largest absolute Gasteiger partial charge is 0.398 e. The maximum Gasteiger partial charge on any atom is 0.316 e. The fourth-order valence-corrected chi connectivity index (χ4v) is 2.28. The van der Waals surface area contributed by atoms with E-state index < -0.39 is 11.1 Å². The van der Waals surface area contributed by atoms with Gasteiger partial charge in [-0.15, -0.1) is 0 Å². The van der Waals surface area contributed by atoms with Gasteiger partial charge in [0, 0.05) is 36.7 Å². The van der Waals surface area contributed by atoms with Crippen molar-refractivity contribution in [3.63, 3.8) is 0 Å². The van der Waals surface area contributed by atoms with Crippen molar-refractivity contribution in [2.24, 2.45) is 7.05 Å². The number of rotatable bonds is 2. The number of anilines is 1. The average Bonchev–Trinajstić information content (AvgIpc) is 2.50. The van der Waals surface area contributed by atoms with Crippen molar-refractivity contribution in [2.45, 2.75) is 6.54 Å². The van der Waals surface area contributed by atoms with Crippen LogP contribution in [-0.4, -0.2) is 14.1 Å². The number of nitrogens with zero attached hydrogens (tertiary/aromatic N) is 3. The molecule has 0 bridgehead atoms. The molecule has 0 atom stereocenters. The Morgan fingerprint density at radius 2 is 1.95 bits per heavy atom. The van der Waals surface area contributed by atoms with E-state index in [1.54, 1.807) is 31.7 Å². The molecule has 106 valence electrons. The highest BCUT2D eigenvalue weighted by molar-refractivity contribution is 5.92. The summed E-state index contributed by atoms with van der Waals surface area (Å²) in [4.78, 5) is 28.0. The van der Waals surface area contributed by atoms with Crippen LogP contribution >= 0.6 is 0 Å². The van der Waals surface area contributed by atoms with Gasteiger partial charge in [-0.1, -0.05) is 6.07 Å². The second-order valence-corrected chi connectivity index (χ2v) is 4.86. The molecular formula is C15H14N4O2. The molecule has 3 aromatic rings. The first-order valence-electron chi connectivity index (χ1n) is 6.46. The van der Waals surface area contributed by atoms with E-state index in [1.807, 2.05) is 18.2 Å². The van der Waals surface area contributed by atoms with Crippen LogP contribution in [0.4, 0.5) is 5.69 Å². The second kappa shape index (κ2) is 4.90. The minimum absolute atomic E-state index is 0.280. The molecule has 0 spiro atoms. The summed E-state index contributed by atoms with van der Waals surface area (Å²) in [6, 6.07) is 7.31. The third-order valence-electron chi connectivity index (χ3n) is 3.46. The summed E-state index contributed by atoms with van der Waals surface area (Å²) in [5, 5.41) is 0.840. The number of aryl methyl sites for hydroxylation is 1. The molecule has 0 aliphatic carbocycles. The molecule has 0 amide bonds. The first-order valence-corrected chi connectivity index (χ1v) is 6.46. The molecule has 21 heavy (non-hydrogen) atoms. The molecule has 1 aromatic carbocycles. The van der Waals surface area contributed by atoms with E-state index in [4.69, 9.17) is 5.73 Å². The molecule has 6 heteroatoms. The number of hydrogen-bond acceptors (Lipinski definition) is 4. The predicted molar refractivity (Wildman–Crippen MR) is 81.2 cm³/mol. The molecular weight excluding hydrogens is 268 g/mol. The van der Waals surface area contributed by atoms with Gasteiger partial charge in [-0.05, 0) is 23.8 Å². The molecule has 2 N–H and O–H groups in total. The highest BCUT2D eigenvalue weighted by Crippen LogP contribution is 2.22. The Morgan fingerprint density at radius 3 is 2.76 bits per heavy atom. The van der Waals surface area contributed by atoms with E-state index in [2.05, 4.69) is 4.98 Å². The second-order valence-electron chi connectivity index (χ2n) is 4.86. The van der Waals surface area contributed by atoms with Gasteiger partial charge in [0.15, 0.2) is 0 Å². The molecule has 0 saturated carbocycles. The molecule has 0 aliphatic rings. The van der Waals surface area contributed by atoms with Crippen LogP contribution in [0, 0.1) is 0 Å². The monoisotopic (exact) mass is 282 g/mol. The summed E-state index contributed by atoms with van der Waals surface area (Å²) in [7, 11) is 1.55. The van der Waals surface area contributed by atoms with Crippen LogP contribution in [0.2, 0.25) is 0 Å². The van der Waals surface area contributed by atoms with Crippen LogP contribution in [-0.2, 0) is 13.6 Å². The number of benzene rings is 1.